The normalized spacial score (nSPS) is 14.6. The zero-order valence-electron chi connectivity index (χ0n) is 8.29. The third-order valence-corrected chi connectivity index (χ3v) is 2.81. The van der Waals surface area contributed by atoms with Gasteiger partial charge in [0.15, 0.2) is 0 Å². The van der Waals surface area contributed by atoms with Crippen molar-refractivity contribution in [3.05, 3.63) is 23.8 Å². The van der Waals surface area contributed by atoms with E-state index < -0.39 is 0 Å². The summed E-state index contributed by atoms with van der Waals surface area (Å²) in [6.45, 7) is 7.33. The summed E-state index contributed by atoms with van der Waals surface area (Å²) in [5.41, 5.74) is 2.49. The molecule has 0 fully saturated rings. The van der Waals surface area contributed by atoms with Gasteiger partial charge in [0.2, 0.25) is 0 Å². The molecule has 0 aromatic carbocycles. The summed E-state index contributed by atoms with van der Waals surface area (Å²) in [6, 6.07) is 0. The molecule has 2 nitrogen and oxygen atoms in total. The monoisotopic (exact) mass is 242 g/mol. The number of aryl methyl sites for hydroxylation is 1. The molecule has 0 aliphatic carbocycles. The molecule has 0 amide bonds. The first-order chi connectivity index (χ1) is 6.15. The maximum atomic E-state index is 4.11. The number of hydrogen-bond acceptors (Lipinski definition) is 1. The molecular weight excluding hydrogens is 228 g/mol. The Morgan fingerprint density at radius 3 is 3.00 bits per heavy atom. The first kappa shape index (κ1) is 10.5. The molecule has 0 N–H and O–H groups in total. The molecular formula is C10H15BrN2. The highest BCUT2D eigenvalue weighted by Gasteiger charge is 2.01. The van der Waals surface area contributed by atoms with Crippen LogP contribution in [0.1, 0.15) is 26.5 Å². The summed E-state index contributed by atoms with van der Waals surface area (Å²) in [6.07, 6.45) is 5.91. The minimum absolute atomic E-state index is 0.424. The molecule has 0 radical (unpaired) electrons. The first-order valence-electron chi connectivity index (χ1n) is 4.47. The van der Waals surface area contributed by atoms with E-state index in [1.165, 1.54) is 11.3 Å². The third kappa shape index (κ3) is 2.69. The molecule has 0 bridgehead atoms. The van der Waals surface area contributed by atoms with E-state index >= 15 is 0 Å². The molecule has 3 heteroatoms. The van der Waals surface area contributed by atoms with Crippen molar-refractivity contribution in [1.29, 1.82) is 0 Å². The van der Waals surface area contributed by atoms with Crippen LogP contribution in [-0.2, 0) is 6.54 Å². The number of rotatable bonds is 3. The smallest absolute Gasteiger partial charge is 0.0950 e. The van der Waals surface area contributed by atoms with Gasteiger partial charge in [-0.1, -0.05) is 21.5 Å². The molecule has 0 saturated carbocycles. The molecule has 72 valence electrons. The number of allylic oxidation sites excluding steroid dienone is 1. The van der Waals surface area contributed by atoms with Crippen LogP contribution in [0.25, 0.3) is 6.08 Å². The van der Waals surface area contributed by atoms with Gasteiger partial charge in [-0.15, -0.1) is 0 Å². The predicted molar refractivity (Wildman–Crippen MR) is 59.9 cm³/mol. The number of nitrogens with zero attached hydrogens (tertiary/aromatic N) is 2. The van der Waals surface area contributed by atoms with Crippen LogP contribution in [0.2, 0.25) is 0 Å². The van der Waals surface area contributed by atoms with Crippen molar-refractivity contribution < 1.29 is 0 Å². The van der Waals surface area contributed by atoms with Gasteiger partial charge in [-0.2, -0.15) is 0 Å². The molecule has 1 heterocycles. The van der Waals surface area contributed by atoms with E-state index in [1.807, 2.05) is 12.5 Å². The molecule has 13 heavy (non-hydrogen) atoms. The van der Waals surface area contributed by atoms with E-state index in [4.69, 9.17) is 0 Å². The maximum absolute atomic E-state index is 4.11. The van der Waals surface area contributed by atoms with Crippen LogP contribution in [0.15, 0.2) is 18.1 Å². The van der Waals surface area contributed by atoms with Crippen molar-refractivity contribution in [3.8, 4) is 0 Å². The fraction of sp³-hybridized carbons (Fsp3) is 0.500. The first-order valence-corrected chi connectivity index (χ1v) is 5.39. The van der Waals surface area contributed by atoms with E-state index in [9.17, 15) is 0 Å². The maximum Gasteiger partial charge on any atom is 0.0950 e. The van der Waals surface area contributed by atoms with Crippen LogP contribution >= 0.6 is 15.9 Å². The Balaban J connectivity index is 2.89. The van der Waals surface area contributed by atoms with Crippen molar-refractivity contribution in [3.63, 3.8) is 0 Å². The van der Waals surface area contributed by atoms with Crippen molar-refractivity contribution in [2.75, 3.05) is 0 Å². The Bertz CT molecular complexity index is 300. The number of imidazole rings is 1. The Labute approximate surface area is 87.8 Å². The van der Waals surface area contributed by atoms with Crippen molar-refractivity contribution in [1.82, 2.24) is 9.55 Å². The minimum atomic E-state index is 0.424. The summed E-state index contributed by atoms with van der Waals surface area (Å²) >= 11 is 3.53. The molecule has 1 rings (SSSR count). The second-order valence-electron chi connectivity index (χ2n) is 3.11. The standard InChI is InChI=1S/C10H15BrN2/c1-4-13-7-12-6-10(13)5-8(2)9(3)11/h5-7,9H,4H2,1-3H3/b8-5-. The van der Waals surface area contributed by atoms with Gasteiger partial charge in [0.25, 0.3) is 0 Å². The van der Waals surface area contributed by atoms with Crippen LogP contribution < -0.4 is 0 Å². The molecule has 1 aromatic heterocycles. The Morgan fingerprint density at radius 1 is 1.77 bits per heavy atom. The van der Waals surface area contributed by atoms with Crippen molar-refractivity contribution in [2.24, 2.45) is 0 Å². The number of halogens is 1. The number of aromatic nitrogens is 2. The molecule has 0 spiro atoms. The van der Waals surface area contributed by atoms with Crippen molar-refractivity contribution >= 4 is 22.0 Å². The van der Waals surface area contributed by atoms with Gasteiger partial charge < -0.3 is 4.57 Å². The molecule has 1 atom stereocenters. The Kier molecular flexibility index (Phi) is 3.72. The van der Waals surface area contributed by atoms with Crippen LogP contribution in [0.3, 0.4) is 0 Å². The number of hydrogen-bond donors (Lipinski definition) is 0. The van der Waals surface area contributed by atoms with E-state index in [2.05, 4.69) is 52.3 Å². The predicted octanol–water partition coefficient (Wildman–Crippen LogP) is 3.09. The summed E-state index contributed by atoms with van der Waals surface area (Å²) in [5.74, 6) is 0. The average molecular weight is 243 g/mol. The van der Waals surface area contributed by atoms with Gasteiger partial charge in [0.1, 0.15) is 0 Å². The second kappa shape index (κ2) is 4.61. The highest BCUT2D eigenvalue weighted by atomic mass is 79.9. The fourth-order valence-corrected chi connectivity index (χ4v) is 1.20. The topological polar surface area (TPSA) is 17.8 Å². The van der Waals surface area contributed by atoms with E-state index in [-0.39, 0.29) is 0 Å². The Hall–Kier alpha value is -0.570. The van der Waals surface area contributed by atoms with Gasteiger partial charge in [-0.05, 0) is 26.8 Å². The summed E-state index contributed by atoms with van der Waals surface area (Å²) < 4.78 is 2.12. The van der Waals surface area contributed by atoms with Crippen LogP contribution in [0.5, 0.6) is 0 Å². The summed E-state index contributed by atoms with van der Waals surface area (Å²) in [4.78, 5) is 4.53. The quantitative estimate of drug-likeness (QED) is 0.746. The lowest BCUT2D eigenvalue weighted by Gasteiger charge is -2.04. The SMILES string of the molecule is CCn1cncc1/C=C(/C)C(C)Br. The van der Waals surface area contributed by atoms with Crippen LogP contribution in [0.4, 0.5) is 0 Å². The van der Waals surface area contributed by atoms with E-state index in [1.54, 1.807) is 0 Å². The van der Waals surface area contributed by atoms with Gasteiger partial charge in [0.05, 0.1) is 18.2 Å². The lowest BCUT2D eigenvalue weighted by Crippen LogP contribution is -1.97. The molecule has 0 aliphatic rings. The molecule has 1 unspecified atom stereocenters. The largest absolute Gasteiger partial charge is 0.331 e. The van der Waals surface area contributed by atoms with Gasteiger partial charge in [-0.3, -0.25) is 0 Å². The van der Waals surface area contributed by atoms with E-state index in [0.29, 0.717) is 4.83 Å². The van der Waals surface area contributed by atoms with E-state index in [0.717, 1.165) is 6.54 Å². The van der Waals surface area contributed by atoms with Crippen molar-refractivity contribution in [2.45, 2.75) is 32.1 Å². The highest BCUT2D eigenvalue weighted by molar-refractivity contribution is 9.09. The van der Waals surface area contributed by atoms with Gasteiger partial charge in [0, 0.05) is 11.4 Å². The average Bonchev–Trinajstić information content (AvgIpc) is 2.51. The third-order valence-electron chi connectivity index (χ3n) is 2.09. The highest BCUT2D eigenvalue weighted by Crippen LogP contribution is 2.14. The summed E-state index contributed by atoms with van der Waals surface area (Å²) in [5, 5.41) is 0. The zero-order valence-corrected chi connectivity index (χ0v) is 9.87. The zero-order chi connectivity index (χ0) is 9.84. The van der Waals surface area contributed by atoms with Gasteiger partial charge in [-0.25, -0.2) is 4.98 Å². The number of alkyl halides is 1. The summed E-state index contributed by atoms with van der Waals surface area (Å²) in [7, 11) is 0. The van der Waals surface area contributed by atoms with Crippen LogP contribution in [0, 0.1) is 0 Å². The van der Waals surface area contributed by atoms with Crippen LogP contribution in [-0.4, -0.2) is 14.4 Å². The fourth-order valence-electron chi connectivity index (χ4n) is 1.06. The van der Waals surface area contributed by atoms with Gasteiger partial charge >= 0.3 is 0 Å². The lowest BCUT2D eigenvalue weighted by atomic mass is 10.2. The lowest BCUT2D eigenvalue weighted by molar-refractivity contribution is 0.754. The molecule has 0 aliphatic heterocycles. The second-order valence-corrected chi connectivity index (χ2v) is 4.48. The minimum Gasteiger partial charge on any atom is -0.331 e. The molecule has 0 saturated heterocycles. The Morgan fingerprint density at radius 2 is 2.46 bits per heavy atom. The molecule has 1 aromatic rings.